The Morgan fingerprint density at radius 2 is 1.83 bits per heavy atom. The standard InChI is InChI=1S/C15H18O3/c1-15(2,14(17)18-3)13(16)12-8-7-10-5-4-6-11(10)9-12/h7-9H,4-6H2,1-3H3. The number of rotatable bonds is 3. The van der Waals surface area contributed by atoms with Crippen molar-refractivity contribution in [2.75, 3.05) is 7.11 Å². The second kappa shape index (κ2) is 4.56. The van der Waals surface area contributed by atoms with Gasteiger partial charge in [0.15, 0.2) is 5.78 Å². The largest absolute Gasteiger partial charge is 0.468 e. The number of Topliss-reactive ketones (excluding diaryl/α,β-unsaturated/α-hetero) is 1. The van der Waals surface area contributed by atoms with Gasteiger partial charge in [-0.15, -0.1) is 0 Å². The van der Waals surface area contributed by atoms with E-state index in [4.69, 9.17) is 4.74 Å². The third kappa shape index (κ3) is 2.05. The van der Waals surface area contributed by atoms with Crippen molar-refractivity contribution in [1.82, 2.24) is 0 Å². The lowest BCUT2D eigenvalue weighted by molar-refractivity contribution is -0.147. The summed E-state index contributed by atoms with van der Waals surface area (Å²) < 4.78 is 4.69. The summed E-state index contributed by atoms with van der Waals surface area (Å²) in [7, 11) is 1.31. The Hall–Kier alpha value is -1.64. The molecule has 0 amide bonds. The summed E-state index contributed by atoms with van der Waals surface area (Å²) in [6.07, 6.45) is 3.26. The molecule has 0 spiro atoms. The minimum Gasteiger partial charge on any atom is -0.468 e. The average Bonchev–Trinajstić information content (AvgIpc) is 2.83. The number of aryl methyl sites for hydroxylation is 2. The lowest BCUT2D eigenvalue weighted by atomic mass is 9.83. The predicted molar refractivity (Wildman–Crippen MR) is 68.6 cm³/mol. The molecular formula is C15H18O3. The Bertz CT molecular complexity index is 500. The number of hydrogen-bond acceptors (Lipinski definition) is 3. The number of ether oxygens (including phenoxy) is 1. The molecule has 1 aliphatic rings. The van der Waals surface area contributed by atoms with E-state index in [1.807, 2.05) is 18.2 Å². The van der Waals surface area contributed by atoms with Crippen LogP contribution in [0.2, 0.25) is 0 Å². The minimum atomic E-state index is -1.12. The van der Waals surface area contributed by atoms with E-state index >= 15 is 0 Å². The molecule has 0 radical (unpaired) electrons. The van der Waals surface area contributed by atoms with Crippen LogP contribution >= 0.6 is 0 Å². The fraction of sp³-hybridized carbons (Fsp3) is 0.467. The van der Waals surface area contributed by atoms with E-state index < -0.39 is 11.4 Å². The summed E-state index contributed by atoms with van der Waals surface area (Å²) in [5.74, 6) is -0.669. The number of methoxy groups -OCH3 is 1. The van der Waals surface area contributed by atoms with Crippen LogP contribution < -0.4 is 0 Å². The number of carbonyl (C=O) groups excluding carboxylic acids is 2. The van der Waals surface area contributed by atoms with E-state index in [-0.39, 0.29) is 5.78 Å². The Labute approximate surface area is 107 Å². The Morgan fingerprint density at radius 3 is 2.50 bits per heavy atom. The fourth-order valence-electron chi connectivity index (χ4n) is 2.42. The number of ketones is 1. The van der Waals surface area contributed by atoms with E-state index in [0.717, 1.165) is 19.3 Å². The van der Waals surface area contributed by atoms with Gasteiger partial charge < -0.3 is 4.74 Å². The van der Waals surface area contributed by atoms with Gasteiger partial charge in [-0.05, 0) is 50.3 Å². The Kier molecular flexibility index (Phi) is 3.24. The number of hydrogen-bond donors (Lipinski definition) is 0. The molecule has 0 aromatic heterocycles. The molecule has 0 saturated heterocycles. The van der Waals surface area contributed by atoms with Crippen molar-refractivity contribution >= 4 is 11.8 Å². The van der Waals surface area contributed by atoms with Gasteiger partial charge in [-0.3, -0.25) is 9.59 Å². The van der Waals surface area contributed by atoms with E-state index in [9.17, 15) is 9.59 Å². The van der Waals surface area contributed by atoms with Crippen LogP contribution in [0.15, 0.2) is 18.2 Å². The van der Waals surface area contributed by atoms with Crippen molar-refractivity contribution < 1.29 is 14.3 Å². The van der Waals surface area contributed by atoms with Crippen molar-refractivity contribution in [3.05, 3.63) is 34.9 Å². The van der Waals surface area contributed by atoms with E-state index in [0.29, 0.717) is 5.56 Å². The van der Waals surface area contributed by atoms with Crippen LogP contribution in [0.1, 0.15) is 41.8 Å². The summed E-state index contributed by atoms with van der Waals surface area (Å²) in [5.41, 5.74) is 2.04. The summed E-state index contributed by atoms with van der Waals surface area (Å²) in [5, 5.41) is 0. The molecule has 2 rings (SSSR count). The van der Waals surface area contributed by atoms with E-state index in [1.54, 1.807) is 13.8 Å². The van der Waals surface area contributed by atoms with Crippen molar-refractivity contribution in [1.29, 1.82) is 0 Å². The number of fused-ring (bicyclic) bond motifs is 1. The van der Waals surface area contributed by atoms with Crippen LogP contribution in [-0.2, 0) is 22.4 Å². The van der Waals surface area contributed by atoms with Gasteiger partial charge in [0.25, 0.3) is 0 Å². The molecule has 0 N–H and O–H groups in total. The molecule has 0 aliphatic heterocycles. The van der Waals surface area contributed by atoms with Gasteiger partial charge in [0.2, 0.25) is 0 Å². The highest BCUT2D eigenvalue weighted by Crippen LogP contribution is 2.28. The van der Waals surface area contributed by atoms with Crippen LogP contribution in [0.4, 0.5) is 0 Å². The maximum absolute atomic E-state index is 12.4. The fourth-order valence-corrected chi connectivity index (χ4v) is 2.42. The second-order valence-corrected chi connectivity index (χ2v) is 5.28. The molecule has 0 unspecified atom stereocenters. The molecule has 3 nitrogen and oxygen atoms in total. The van der Waals surface area contributed by atoms with Gasteiger partial charge in [-0.25, -0.2) is 0 Å². The van der Waals surface area contributed by atoms with Gasteiger partial charge in [0.05, 0.1) is 7.11 Å². The predicted octanol–water partition coefficient (Wildman–Crippen LogP) is 2.56. The van der Waals surface area contributed by atoms with Gasteiger partial charge in [0.1, 0.15) is 5.41 Å². The van der Waals surface area contributed by atoms with Crippen LogP contribution in [0.5, 0.6) is 0 Å². The topological polar surface area (TPSA) is 43.4 Å². The highest BCUT2D eigenvalue weighted by Gasteiger charge is 2.37. The molecule has 0 bridgehead atoms. The molecule has 1 aromatic carbocycles. The SMILES string of the molecule is COC(=O)C(C)(C)C(=O)c1ccc2c(c1)CCC2. The number of esters is 1. The van der Waals surface area contributed by atoms with Crippen LogP contribution in [0.25, 0.3) is 0 Å². The number of benzene rings is 1. The Balaban J connectivity index is 2.32. The summed E-state index contributed by atoms with van der Waals surface area (Å²) in [6, 6.07) is 5.75. The van der Waals surface area contributed by atoms with Gasteiger partial charge in [0, 0.05) is 5.56 Å². The summed E-state index contributed by atoms with van der Waals surface area (Å²) >= 11 is 0. The van der Waals surface area contributed by atoms with E-state index in [1.165, 1.54) is 18.2 Å². The zero-order chi connectivity index (χ0) is 13.3. The zero-order valence-electron chi connectivity index (χ0n) is 11.1. The van der Waals surface area contributed by atoms with Crippen molar-refractivity contribution in [2.45, 2.75) is 33.1 Å². The summed E-state index contributed by atoms with van der Waals surface area (Å²) in [6.45, 7) is 3.21. The molecule has 18 heavy (non-hydrogen) atoms. The quantitative estimate of drug-likeness (QED) is 0.467. The van der Waals surface area contributed by atoms with Crippen LogP contribution in [-0.4, -0.2) is 18.9 Å². The van der Waals surface area contributed by atoms with Gasteiger partial charge >= 0.3 is 5.97 Å². The van der Waals surface area contributed by atoms with Crippen molar-refractivity contribution in [3.8, 4) is 0 Å². The maximum atomic E-state index is 12.4. The molecule has 0 saturated carbocycles. The van der Waals surface area contributed by atoms with Gasteiger partial charge in [-0.2, -0.15) is 0 Å². The molecule has 96 valence electrons. The Morgan fingerprint density at radius 1 is 1.17 bits per heavy atom. The normalized spacial score (nSPS) is 14.2. The second-order valence-electron chi connectivity index (χ2n) is 5.28. The first-order valence-electron chi connectivity index (χ1n) is 6.22. The summed E-state index contributed by atoms with van der Waals surface area (Å²) in [4.78, 5) is 24.0. The van der Waals surface area contributed by atoms with Crippen molar-refractivity contribution in [2.24, 2.45) is 5.41 Å². The molecule has 0 heterocycles. The lowest BCUT2D eigenvalue weighted by Gasteiger charge is -2.20. The van der Waals surface area contributed by atoms with Crippen molar-refractivity contribution in [3.63, 3.8) is 0 Å². The smallest absolute Gasteiger partial charge is 0.319 e. The monoisotopic (exact) mass is 246 g/mol. The molecular weight excluding hydrogens is 228 g/mol. The molecule has 3 heteroatoms. The number of carbonyl (C=O) groups is 2. The van der Waals surface area contributed by atoms with Crippen LogP contribution in [0.3, 0.4) is 0 Å². The van der Waals surface area contributed by atoms with Crippen LogP contribution in [0, 0.1) is 5.41 Å². The van der Waals surface area contributed by atoms with E-state index in [2.05, 4.69) is 0 Å². The first kappa shape index (κ1) is 12.8. The molecule has 0 atom stereocenters. The zero-order valence-corrected chi connectivity index (χ0v) is 11.1. The average molecular weight is 246 g/mol. The lowest BCUT2D eigenvalue weighted by Crippen LogP contribution is -2.34. The van der Waals surface area contributed by atoms with Gasteiger partial charge in [-0.1, -0.05) is 12.1 Å². The third-order valence-electron chi connectivity index (χ3n) is 3.62. The first-order chi connectivity index (χ1) is 8.46. The molecule has 1 aromatic rings. The minimum absolute atomic E-state index is 0.177. The highest BCUT2D eigenvalue weighted by molar-refractivity contribution is 6.11. The highest BCUT2D eigenvalue weighted by atomic mass is 16.5. The first-order valence-corrected chi connectivity index (χ1v) is 6.22. The maximum Gasteiger partial charge on any atom is 0.319 e. The third-order valence-corrected chi connectivity index (χ3v) is 3.62. The molecule has 1 aliphatic carbocycles. The molecule has 0 fully saturated rings.